The Morgan fingerprint density at radius 3 is 1.97 bits per heavy atom. The van der Waals surface area contributed by atoms with Crippen molar-refractivity contribution in [2.45, 2.75) is 0 Å². The van der Waals surface area contributed by atoms with Crippen LogP contribution in [0.2, 0.25) is 0 Å². The first-order valence-electron chi connectivity index (χ1n) is 11.6. The van der Waals surface area contributed by atoms with E-state index in [2.05, 4.69) is 0 Å². The molecule has 11 heteroatoms. The van der Waals surface area contributed by atoms with Gasteiger partial charge in [-0.15, -0.1) is 0 Å². The molecular formula is C28H31NO10. The Kier molecular flexibility index (Phi) is 11.6. The molecule has 0 fully saturated rings. The lowest BCUT2D eigenvalue weighted by atomic mass is 10.0. The van der Waals surface area contributed by atoms with Gasteiger partial charge in [-0.25, -0.2) is 9.59 Å². The second-order valence-corrected chi connectivity index (χ2v) is 8.07. The van der Waals surface area contributed by atoms with Gasteiger partial charge >= 0.3 is 11.9 Å². The summed E-state index contributed by atoms with van der Waals surface area (Å²) >= 11 is 0. The van der Waals surface area contributed by atoms with Crippen LogP contribution in [0.3, 0.4) is 0 Å². The topological polar surface area (TPSA) is 145 Å². The number of aliphatic carboxylic acids is 2. The second kappa shape index (κ2) is 14.8. The van der Waals surface area contributed by atoms with E-state index in [0.29, 0.717) is 53.5 Å². The third-order valence-corrected chi connectivity index (χ3v) is 5.13. The summed E-state index contributed by atoms with van der Waals surface area (Å²) in [4.78, 5) is 34.4. The van der Waals surface area contributed by atoms with Crippen molar-refractivity contribution in [1.29, 1.82) is 0 Å². The van der Waals surface area contributed by atoms with Gasteiger partial charge in [0.05, 0.1) is 33.0 Å². The molecule has 0 unspecified atom stereocenters. The molecule has 0 spiro atoms. The number of fused-ring (bicyclic) bond motifs is 1. The van der Waals surface area contributed by atoms with Gasteiger partial charge in [0.25, 0.3) is 0 Å². The molecule has 2 aromatic carbocycles. The number of rotatable bonds is 12. The Balaban J connectivity index is 0.000000580. The number of methoxy groups -OCH3 is 3. The normalized spacial score (nSPS) is 10.9. The van der Waals surface area contributed by atoms with Gasteiger partial charge in [0.2, 0.25) is 5.75 Å². The second-order valence-electron chi connectivity index (χ2n) is 8.07. The van der Waals surface area contributed by atoms with E-state index < -0.39 is 11.9 Å². The summed E-state index contributed by atoms with van der Waals surface area (Å²) in [7, 11) is 8.53. The predicted molar refractivity (Wildman–Crippen MR) is 144 cm³/mol. The Morgan fingerprint density at radius 2 is 1.46 bits per heavy atom. The number of ether oxygens (including phenoxy) is 4. The van der Waals surface area contributed by atoms with Crippen LogP contribution in [0.4, 0.5) is 0 Å². The van der Waals surface area contributed by atoms with Gasteiger partial charge in [-0.1, -0.05) is 18.2 Å². The SMILES string of the molecule is COc1ccc(C=CC(=O)c2c(OCCN(C)C)c(OC)c3occc3c2OC)cc1.O=C(O)/C=C\C(=O)O. The molecule has 0 atom stereocenters. The van der Waals surface area contributed by atoms with Crippen LogP contribution in [0.25, 0.3) is 17.0 Å². The van der Waals surface area contributed by atoms with Crippen molar-refractivity contribution >= 4 is 34.8 Å². The van der Waals surface area contributed by atoms with E-state index in [0.717, 1.165) is 11.3 Å². The Hall–Kier alpha value is -4.77. The lowest BCUT2D eigenvalue weighted by Crippen LogP contribution is -2.20. The average Bonchev–Trinajstić information content (AvgIpc) is 3.39. The zero-order chi connectivity index (χ0) is 28.9. The van der Waals surface area contributed by atoms with Gasteiger partial charge in [0, 0.05) is 18.7 Å². The largest absolute Gasteiger partial charge is 0.497 e. The van der Waals surface area contributed by atoms with Crippen LogP contribution in [0.5, 0.6) is 23.0 Å². The zero-order valence-corrected chi connectivity index (χ0v) is 22.3. The summed E-state index contributed by atoms with van der Waals surface area (Å²) < 4.78 is 28.0. The highest BCUT2D eigenvalue weighted by Crippen LogP contribution is 2.46. The van der Waals surface area contributed by atoms with Crippen LogP contribution in [-0.2, 0) is 9.59 Å². The number of carbonyl (C=O) groups is 3. The van der Waals surface area contributed by atoms with Crippen LogP contribution < -0.4 is 18.9 Å². The van der Waals surface area contributed by atoms with E-state index in [4.69, 9.17) is 33.6 Å². The molecule has 3 aromatic rings. The standard InChI is InChI=1S/C24H27NO6.C4H4O4/c1-25(2)13-15-31-23-20(19(26)11-8-16-6-9-17(27-3)10-7-16)21(28-4)18-12-14-30-22(18)24(23)29-5;5-3(6)1-2-4(7)8/h6-12,14H,13,15H2,1-5H3;1-2H,(H,5,6)(H,7,8)/b;2-1-. The molecule has 39 heavy (non-hydrogen) atoms. The molecular weight excluding hydrogens is 510 g/mol. The molecule has 0 bridgehead atoms. The van der Waals surface area contributed by atoms with E-state index in [1.165, 1.54) is 26.6 Å². The molecule has 0 aliphatic heterocycles. The van der Waals surface area contributed by atoms with E-state index in [9.17, 15) is 14.4 Å². The summed E-state index contributed by atoms with van der Waals surface area (Å²) in [5.41, 5.74) is 1.62. The van der Waals surface area contributed by atoms with Gasteiger partial charge < -0.3 is 38.5 Å². The number of carbonyl (C=O) groups excluding carboxylic acids is 1. The van der Waals surface area contributed by atoms with Crippen LogP contribution in [0, 0.1) is 0 Å². The van der Waals surface area contributed by atoms with E-state index >= 15 is 0 Å². The van der Waals surface area contributed by atoms with E-state index in [-0.39, 0.29) is 11.3 Å². The van der Waals surface area contributed by atoms with Crippen molar-refractivity contribution in [3.05, 3.63) is 65.9 Å². The molecule has 208 valence electrons. The number of nitrogens with zero attached hydrogens (tertiary/aromatic N) is 1. The third kappa shape index (κ3) is 8.64. The molecule has 0 aliphatic rings. The van der Waals surface area contributed by atoms with E-state index in [1.54, 1.807) is 19.3 Å². The Bertz CT molecular complexity index is 1320. The van der Waals surface area contributed by atoms with Crippen molar-refractivity contribution < 1.29 is 48.0 Å². The molecule has 3 rings (SSSR count). The minimum atomic E-state index is -1.26. The number of allylic oxidation sites excluding steroid dienone is 1. The van der Waals surface area contributed by atoms with Crippen molar-refractivity contribution in [2.24, 2.45) is 0 Å². The minimum absolute atomic E-state index is 0.270. The average molecular weight is 542 g/mol. The molecule has 0 saturated carbocycles. The first-order chi connectivity index (χ1) is 18.6. The highest BCUT2D eigenvalue weighted by molar-refractivity contribution is 6.15. The van der Waals surface area contributed by atoms with E-state index in [1.807, 2.05) is 43.3 Å². The van der Waals surface area contributed by atoms with Crippen LogP contribution in [-0.4, -0.2) is 81.4 Å². The molecule has 2 N–H and O–H groups in total. The lowest BCUT2D eigenvalue weighted by molar-refractivity contribution is -0.134. The number of benzene rings is 2. The summed E-state index contributed by atoms with van der Waals surface area (Å²) in [6, 6.07) is 9.15. The molecule has 1 aromatic heterocycles. The molecule has 0 radical (unpaired) electrons. The van der Waals surface area contributed by atoms with Gasteiger partial charge in [-0.3, -0.25) is 4.79 Å². The molecule has 0 aliphatic carbocycles. The van der Waals surface area contributed by atoms with Gasteiger partial charge in [0.1, 0.15) is 23.7 Å². The highest BCUT2D eigenvalue weighted by Gasteiger charge is 2.28. The predicted octanol–water partition coefficient (Wildman–Crippen LogP) is 4.01. The highest BCUT2D eigenvalue weighted by atomic mass is 16.5. The summed E-state index contributed by atoms with van der Waals surface area (Å²) in [6.07, 6.45) is 5.87. The fourth-order valence-corrected chi connectivity index (χ4v) is 3.32. The van der Waals surface area contributed by atoms with Crippen molar-refractivity contribution in [1.82, 2.24) is 4.90 Å². The van der Waals surface area contributed by atoms with Crippen LogP contribution in [0.15, 0.2) is 59.2 Å². The van der Waals surface area contributed by atoms with Crippen LogP contribution in [0.1, 0.15) is 15.9 Å². The van der Waals surface area contributed by atoms with Crippen molar-refractivity contribution in [3.8, 4) is 23.0 Å². The number of hydrogen-bond acceptors (Lipinski definition) is 9. The summed E-state index contributed by atoms with van der Waals surface area (Å²) in [5.74, 6) is -0.992. The first-order valence-corrected chi connectivity index (χ1v) is 11.6. The molecule has 11 nitrogen and oxygen atoms in total. The number of furan rings is 1. The maximum atomic E-state index is 13.3. The fraction of sp³-hybridized carbons (Fsp3) is 0.250. The first kappa shape index (κ1) is 30.5. The number of hydrogen-bond donors (Lipinski definition) is 2. The molecule has 0 saturated heterocycles. The fourth-order valence-electron chi connectivity index (χ4n) is 3.32. The number of carboxylic acids is 2. The Morgan fingerprint density at radius 1 is 0.846 bits per heavy atom. The summed E-state index contributed by atoms with van der Waals surface area (Å²) in [6.45, 7) is 1.03. The molecule has 1 heterocycles. The monoisotopic (exact) mass is 541 g/mol. The minimum Gasteiger partial charge on any atom is -0.497 e. The maximum Gasteiger partial charge on any atom is 0.328 e. The Labute approximate surface area is 225 Å². The van der Waals surface area contributed by atoms with Crippen molar-refractivity contribution in [2.75, 3.05) is 48.6 Å². The summed E-state index contributed by atoms with van der Waals surface area (Å²) in [5, 5.41) is 16.3. The van der Waals surface area contributed by atoms with Crippen molar-refractivity contribution in [3.63, 3.8) is 0 Å². The van der Waals surface area contributed by atoms with Crippen LogP contribution >= 0.6 is 0 Å². The van der Waals surface area contributed by atoms with Gasteiger partial charge in [-0.2, -0.15) is 0 Å². The van der Waals surface area contributed by atoms with Gasteiger partial charge in [-0.05, 0) is 43.9 Å². The quantitative estimate of drug-likeness (QED) is 0.253. The zero-order valence-electron chi connectivity index (χ0n) is 22.3. The number of carboxylic acid groups (broad SMARTS) is 2. The van der Waals surface area contributed by atoms with Gasteiger partial charge in [0.15, 0.2) is 17.1 Å². The number of likely N-dealkylation sites (N-methyl/N-ethyl adjacent to an activating group) is 1. The maximum absolute atomic E-state index is 13.3. The third-order valence-electron chi connectivity index (χ3n) is 5.13. The number of ketones is 1. The smallest absolute Gasteiger partial charge is 0.328 e. The lowest BCUT2D eigenvalue weighted by Gasteiger charge is -2.18. The molecule has 0 amide bonds.